The highest BCUT2D eigenvalue weighted by molar-refractivity contribution is 6.03. The predicted molar refractivity (Wildman–Crippen MR) is 116 cm³/mol. The van der Waals surface area contributed by atoms with Crippen molar-refractivity contribution in [3.63, 3.8) is 0 Å². The second-order valence-electron chi connectivity index (χ2n) is 7.59. The summed E-state index contributed by atoms with van der Waals surface area (Å²) in [5, 5.41) is 6.12. The number of nitrogens with one attached hydrogen (secondary N) is 2. The van der Waals surface area contributed by atoms with Crippen LogP contribution >= 0.6 is 0 Å². The van der Waals surface area contributed by atoms with Crippen molar-refractivity contribution in [1.29, 1.82) is 0 Å². The lowest BCUT2D eigenvalue weighted by Crippen LogP contribution is -2.16. The van der Waals surface area contributed by atoms with E-state index in [0.717, 1.165) is 5.69 Å². The lowest BCUT2D eigenvalue weighted by Gasteiger charge is -2.23. The molecule has 1 heterocycles. The minimum absolute atomic E-state index is 0.00913. The molecule has 3 rings (SSSR count). The van der Waals surface area contributed by atoms with E-state index in [4.69, 9.17) is 4.74 Å². The Morgan fingerprint density at radius 2 is 1.66 bits per heavy atom. The van der Waals surface area contributed by atoms with Gasteiger partial charge in [-0.1, -0.05) is 51.1 Å². The van der Waals surface area contributed by atoms with Gasteiger partial charge in [0.15, 0.2) is 0 Å². The van der Waals surface area contributed by atoms with Crippen molar-refractivity contribution in [3.05, 3.63) is 72.2 Å². The second-order valence-corrected chi connectivity index (χ2v) is 7.59. The Labute approximate surface area is 171 Å². The molecule has 3 aromatic rings. The van der Waals surface area contributed by atoms with Gasteiger partial charge in [-0.2, -0.15) is 0 Å². The van der Waals surface area contributed by atoms with Crippen LogP contribution in [0.1, 0.15) is 43.7 Å². The first kappa shape index (κ1) is 20.3. The maximum Gasteiger partial charge on any atom is 0.275 e. The number of hydrogen-bond acceptors (Lipinski definition) is 5. The van der Waals surface area contributed by atoms with Crippen molar-refractivity contribution < 1.29 is 9.53 Å². The lowest BCUT2D eigenvalue weighted by atomic mass is 9.86. The molecule has 0 fully saturated rings. The summed E-state index contributed by atoms with van der Waals surface area (Å²) >= 11 is 0. The number of carbonyl (C=O) groups is 1. The first-order valence-corrected chi connectivity index (χ1v) is 9.60. The maximum absolute atomic E-state index is 12.5. The molecule has 0 aliphatic rings. The summed E-state index contributed by atoms with van der Waals surface area (Å²) in [5.74, 6) is 0.854. The van der Waals surface area contributed by atoms with Gasteiger partial charge in [-0.05, 0) is 36.1 Å². The molecule has 0 atom stereocenters. The molecule has 6 nitrogen and oxygen atoms in total. The molecule has 29 heavy (non-hydrogen) atoms. The van der Waals surface area contributed by atoms with Crippen LogP contribution in [0.5, 0.6) is 5.75 Å². The number of hydrogen-bond donors (Lipinski definition) is 2. The summed E-state index contributed by atoms with van der Waals surface area (Å²) in [6.07, 6.45) is 3.02. The minimum atomic E-state index is -0.341. The Morgan fingerprint density at radius 3 is 2.31 bits per heavy atom. The number of carbonyl (C=O) groups excluding carboxylic acids is 1. The molecule has 1 amide bonds. The molecule has 0 radical (unpaired) electrons. The van der Waals surface area contributed by atoms with E-state index in [9.17, 15) is 4.79 Å². The second kappa shape index (κ2) is 8.73. The van der Waals surface area contributed by atoms with Crippen LogP contribution in [0.15, 0.2) is 60.9 Å². The zero-order chi connectivity index (χ0) is 20.9. The summed E-state index contributed by atoms with van der Waals surface area (Å²) in [7, 11) is 0. The van der Waals surface area contributed by atoms with Gasteiger partial charge in [0.05, 0.1) is 24.7 Å². The third-order valence-electron chi connectivity index (χ3n) is 4.32. The molecule has 6 heteroatoms. The number of aromatic nitrogens is 2. The molecule has 0 unspecified atom stereocenters. The summed E-state index contributed by atoms with van der Waals surface area (Å²) in [5.41, 5.74) is 2.96. The van der Waals surface area contributed by atoms with Crippen LogP contribution in [-0.2, 0) is 5.41 Å². The van der Waals surface area contributed by atoms with Gasteiger partial charge in [0.1, 0.15) is 17.3 Å². The molecule has 0 spiro atoms. The molecule has 150 valence electrons. The smallest absolute Gasteiger partial charge is 0.275 e. The maximum atomic E-state index is 12.5. The molecular formula is C23H26N4O2. The average molecular weight is 390 g/mol. The van der Waals surface area contributed by atoms with Crippen molar-refractivity contribution in [1.82, 2.24) is 9.97 Å². The van der Waals surface area contributed by atoms with E-state index in [1.165, 1.54) is 11.8 Å². The first-order chi connectivity index (χ1) is 13.9. The van der Waals surface area contributed by atoms with Crippen molar-refractivity contribution in [2.75, 3.05) is 17.2 Å². The number of nitrogens with zero attached hydrogens (tertiary/aromatic N) is 2. The number of anilines is 3. The first-order valence-electron chi connectivity index (χ1n) is 9.60. The molecule has 0 saturated carbocycles. The molecule has 0 saturated heterocycles. The van der Waals surface area contributed by atoms with E-state index < -0.39 is 0 Å². The van der Waals surface area contributed by atoms with Crippen LogP contribution in [0, 0.1) is 0 Å². The zero-order valence-electron chi connectivity index (χ0n) is 17.2. The number of benzene rings is 2. The molecule has 0 aliphatic carbocycles. The fourth-order valence-corrected chi connectivity index (χ4v) is 2.93. The number of amides is 1. The van der Waals surface area contributed by atoms with Crippen LogP contribution in [0.4, 0.5) is 17.2 Å². The predicted octanol–water partition coefficient (Wildman–Crippen LogP) is 5.17. The third kappa shape index (κ3) is 5.10. The van der Waals surface area contributed by atoms with Crippen molar-refractivity contribution in [2.45, 2.75) is 33.1 Å². The highest BCUT2D eigenvalue weighted by atomic mass is 16.5. The van der Waals surface area contributed by atoms with Crippen molar-refractivity contribution >= 4 is 23.1 Å². The van der Waals surface area contributed by atoms with Gasteiger partial charge in [-0.3, -0.25) is 4.79 Å². The average Bonchev–Trinajstić information content (AvgIpc) is 2.70. The fraction of sp³-hybridized carbons (Fsp3) is 0.261. The number of ether oxygens (including phenoxy) is 1. The zero-order valence-corrected chi connectivity index (χ0v) is 17.2. The van der Waals surface area contributed by atoms with Crippen LogP contribution in [0.25, 0.3) is 0 Å². The number of rotatable bonds is 6. The van der Waals surface area contributed by atoms with Gasteiger partial charge < -0.3 is 15.4 Å². The summed E-state index contributed by atoms with van der Waals surface area (Å²) in [6.45, 7) is 8.89. The van der Waals surface area contributed by atoms with E-state index in [1.54, 1.807) is 12.3 Å². The Morgan fingerprint density at radius 1 is 0.966 bits per heavy atom. The summed E-state index contributed by atoms with van der Waals surface area (Å²) < 4.78 is 5.54. The molecular weight excluding hydrogens is 364 g/mol. The van der Waals surface area contributed by atoms with E-state index >= 15 is 0 Å². The third-order valence-corrected chi connectivity index (χ3v) is 4.32. The molecule has 2 N–H and O–H groups in total. The molecule has 0 aliphatic heterocycles. The Bertz CT molecular complexity index is 979. The van der Waals surface area contributed by atoms with E-state index in [0.29, 0.717) is 23.9 Å². The van der Waals surface area contributed by atoms with Crippen LogP contribution in [0.3, 0.4) is 0 Å². The van der Waals surface area contributed by atoms with E-state index in [-0.39, 0.29) is 17.0 Å². The fourth-order valence-electron chi connectivity index (χ4n) is 2.93. The number of para-hydroxylation sites is 3. The molecule has 1 aromatic heterocycles. The Hall–Kier alpha value is -3.41. The standard InChI is InChI=1S/C23H26N4O2/c1-5-29-20-13-9-8-12-18(20)27-22(28)19-14-25-21(15-24-19)26-17-11-7-6-10-16(17)23(2,3)4/h6-15H,5H2,1-4H3,(H,25,26)(H,27,28). The Balaban J connectivity index is 1.74. The topological polar surface area (TPSA) is 76.1 Å². The molecule has 2 aromatic carbocycles. The summed E-state index contributed by atoms with van der Waals surface area (Å²) in [6, 6.07) is 15.4. The van der Waals surface area contributed by atoms with Crippen molar-refractivity contribution in [3.8, 4) is 5.75 Å². The highest BCUT2D eigenvalue weighted by Crippen LogP contribution is 2.30. The Kier molecular flexibility index (Phi) is 6.12. The summed E-state index contributed by atoms with van der Waals surface area (Å²) in [4.78, 5) is 21.1. The van der Waals surface area contributed by atoms with Crippen LogP contribution in [0.2, 0.25) is 0 Å². The van der Waals surface area contributed by atoms with Crippen LogP contribution in [-0.4, -0.2) is 22.5 Å². The van der Waals surface area contributed by atoms with Crippen molar-refractivity contribution in [2.24, 2.45) is 0 Å². The normalized spacial score (nSPS) is 11.0. The van der Waals surface area contributed by atoms with Gasteiger partial charge in [0.2, 0.25) is 0 Å². The van der Waals surface area contributed by atoms with Gasteiger partial charge in [0, 0.05) is 5.69 Å². The van der Waals surface area contributed by atoms with Gasteiger partial charge in [-0.25, -0.2) is 9.97 Å². The van der Waals surface area contributed by atoms with E-state index in [1.807, 2.05) is 43.3 Å². The van der Waals surface area contributed by atoms with Gasteiger partial charge in [0.25, 0.3) is 5.91 Å². The molecule has 0 bridgehead atoms. The van der Waals surface area contributed by atoms with Gasteiger partial charge >= 0.3 is 0 Å². The minimum Gasteiger partial charge on any atom is -0.492 e. The van der Waals surface area contributed by atoms with Gasteiger partial charge in [-0.15, -0.1) is 0 Å². The quantitative estimate of drug-likeness (QED) is 0.607. The van der Waals surface area contributed by atoms with Crippen LogP contribution < -0.4 is 15.4 Å². The highest BCUT2D eigenvalue weighted by Gasteiger charge is 2.18. The SMILES string of the molecule is CCOc1ccccc1NC(=O)c1cnc(Nc2ccccc2C(C)(C)C)cn1. The van der Waals surface area contributed by atoms with E-state index in [2.05, 4.69) is 47.4 Å². The lowest BCUT2D eigenvalue weighted by molar-refractivity contribution is 0.102. The largest absolute Gasteiger partial charge is 0.492 e. The monoisotopic (exact) mass is 390 g/mol.